The van der Waals surface area contributed by atoms with Crippen molar-refractivity contribution in [3.63, 3.8) is 0 Å². The van der Waals surface area contributed by atoms with E-state index in [2.05, 4.69) is 15.6 Å². The van der Waals surface area contributed by atoms with E-state index in [0.717, 1.165) is 11.4 Å². The van der Waals surface area contributed by atoms with E-state index in [1.165, 1.54) is 6.20 Å². The van der Waals surface area contributed by atoms with Crippen LogP contribution in [-0.2, 0) is 0 Å². The zero-order chi connectivity index (χ0) is 19.9. The van der Waals surface area contributed by atoms with E-state index in [9.17, 15) is 4.79 Å². The van der Waals surface area contributed by atoms with E-state index in [0.29, 0.717) is 28.6 Å². The van der Waals surface area contributed by atoms with Gasteiger partial charge in [0.25, 0.3) is 5.91 Å². The number of nitrogens with zero attached hydrogens (tertiary/aromatic N) is 1. The van der Waals surface area contributed by atoms with Crippen LogP contribution in [0.4, 0.5) is 17.2 Å². The average Bonchev–Trinajstić information content (AvgIpc) is 2.74. The number of hydrogen-bond acceptors (Lipinski definition) is 6. The van der Waals surface area contributed by atoms with Gasteiger partial charge in [0, 0.05) is 23.6 Å². The standard InChI is InChI=1S/C21H21N3O4/c1-26-17-8-5-15(6-9-17)23-20-11-4-14(13-22-20)21(25)24-16-7-10-18(27-2)19(12-16)28-3/h4-13H,1-3H3,(H,22,23)(H,24,25). The number of rotatable bonds is 7. The fraction of sp³-hybridized carbons (Fsp3) is 0.143. The van der Waals surface area contributed by atoms with Crippen LogP contribution in [0, 0.1) is 0 Å². The topological polar surface area (TPSA) is 81.7 Å². The number of benzene rings is 2. The zero-order valence-electron chi connectivity index (χ0n) is 15.9. The molecule has 28 heavy (non-hydrogen) atoms. The molecule has 0 bridgehead atoms. The van der Waals surface area contributed by atoms with Gasteiger partial charge in [-0.2, -0.15) is 0 Å². The first kappa shape index (κ1) is 19.0. The van der Waals surface area contributed by atoms with Crippen LogP contribution in [0.3, 0.4) is 0 Å². The van der Waals surface area contributed by atoms with E-state index in [-0.39, 0.29) is 5.91 Å². The van der Waals surface area contributed by atoms with Crippen LogP contribution >= 0.6 is 0 Å². The fourth-order valence-electron chi connectivity index (χ4n) is 2.54. The fourth-order valence-corrected chi connectivity index (χ4v) is 2.54. The Morgan fingerprint density at radius 2 is 1.54 bits per heavy atom. The summed E-state index contributed by atoms with van der Waals surface area (Å²) in [6.07, 6.45) is 1.52. The molecule has 3 rings (SSSR count). The van der Waals surface area contributed by atoms with Gasteiger partial charge < -0.3 is 24.8 Å². The van der Waals surface area contributed by atoms with Crippen molar-refractivity contribution in [1.29, 1.82) is 0 Å². The van der Waals surface area contributed by atoms with Gasteiger partial charge in [-0.1, -0.05) is 0 Å². The highest BCUT2D eigenvalue weighted by molar-refractivity contribution is 6.04. The average molecular weight is 379 g/mol. The molecule has 0 atom stereocenters. The number of amides is 1. The van der Waals surface area contributed by atoms with Gasteiger partial charge in [0.2, 0.25) is 0 Å². The molecule has 0 saturated heterocycles. The Morgan fingerprint density at radius 1 is 0.821 bits per heavy atom. The second-order valence-corrected chi connectivity index (χ2v) is 5.81. The van der Waals surface area contributed by atoms with E-state index < -0.39 is 0 Å². The second-order valence-electron chi connectivity index (χ2n) is 5.81. The number of carbonyl (C=O) groups excluding carboxylic acids is 1. The van der Waals surface area contributed by atoms with Crippen LogP contribution in [0.25, 0.3) is 0 Å². The molecule has 3 aromatic rings. The van der Waals surface area contributed by atoms with Crippen molar-refractivity contribution in [1.82, 2.24) is 4.98 Å². The third kappa shape index (κ3) is 4.50. The Kier molecular flexibility index (Phi) is 5.96. The molecule has 0 aliphatic carbocycles. The van der Waals surface area contributed by atoms with E-state index >= 15 is 0 Å². The normalized spacial score (nSPS) is 10.1. The summed E-state index contributed by atoms with van der Waals surface area (Å²) in [6, 6.07) is 16.1. The molecule has 0 radical (unpaired) electrons. The smallest absolute Gasteiger partial charge is 0.257 e. The van der Waals surface area contributed by atoms with Crippen LogP contribution in [0.1, 0.15) is 10.4 Å². The molecule has 1 aromatic heterocycles. The van der Waals surface area contributed by atoms with Crippen LogP contribution in [0.2, 0.25) is 0 Å². The van der Waals surface area contributed by atoms with Crippen LogP contribution in [0.5, 0.6) is 17.2 Å². The molecule has 7 nitrogen and oxygen atoms in total. The molecule has 1 amide bonds. The third-order valence-corrected chi connectivity index (χ3v) is 4.03. The molecular weight excluding hydrogens is 358 g/mol. The lowest BCUT2D eigenvalue weighted by atomic mass is 10.2. The van der Waals surface area contributed by atoms with E-state index in [1.54, 1.807) is 51.7 Å². The number of aromatic nitrogens is 1. The summed E-state index contributed by atoms with van der Waals surface area (Å²) in [7, 11) is 4.72. The Morgan fingerprint density at radius 3 is 2.14 bits per heavy atom. The Labute approximate surface area is 163 Å². The van der Waals surface area contributed by atoms with Crippen molar-refractivity contribution in [2.75, 3.05) is 32.0 Å². The van der Waals surface area contributed by atoms with Crippen molar-refractivity contribution >= 4 is 23.1 Å². The number of methoxy groups -OCH3 is 3. The molecule has 2 aromatic carbocycles. The molecule has 144 valence electrons. The minimum atomic E-state index is -0.268. The minimum absolute atomic E-state index is 0.268. The first-order chi connectivity index (χ1) is 13.6. The summed E-state index contributed by atoms with van der Waals surface area (Å²) < 4.78 is 15.6. The molecular formula is C21H21N3O4. The highest BCUT2D eigenvalue weighted by Gasteiger charge is 2.10. The molecule has 7 heteroatoms. The van der Waals surface area contributed by atoms with Gasteiger partial charge >= 0.3 is 0 Å². The summed E-state index contributed by atoms with van der Waals surface area (Å²) in [5.74, 6) is 2.28. The summed E-state index contributed by atoms with van der Waals surface area (Å²) in [5, 5.41) is 5.99. The molecule has 0 aliphatic heterocycles. The predicted octanol–water partition coefficient (Wildman–Crippen LogP) is 4.10. The number of pyridine rings is 1. The maximum atomic E-state index is 12.5. The maximum absolute atomic E-state index is 12.5. The molecule has 2 N–H and O–H groups in total. The first-order valence-corrected chi connectivity index (χ1v) is 8.53. The first-order valence-electron chi connectivity index (χ1n) is 8.53. The molecule has 0 saturated carbocycles. The van der Waals surface area contributed by atoms with Gasteiger partial charge in [-0.15, -0.1) is 0 Å². The molecule has 0 fully saturated rings. The van der Waals surface area contributed by atoms with Crippen molar-refractivity contribution in [2.24, 2.45) is 0 Å². The van der Waals surface area contributed by atoms with E-state index in [1.807, 2.05) is 24.3 Å². The van der Waals surface area contributed by atoms with E-state index in [4.69, 9.17) is 14.2 Å². The monoisotopic (exact) mass is 379 g/mol. The summed E-state index contributed by atoms with van der Waals surface area (Å²) in [6.45, 7) is 0. The van der Waals surface area contributed by atoms with Crippen LogP contribution in [0.15, 0.2) is 60.8 Å². The molecule has 0 aliphatic rings. The Bertz CT molecular complexity index is 941. The number of ether oxygens (including phenoxy) is 3. The summed E-state index contributed by atoms with van der Waals surface area (Å²) >= 11 is 0. The Balaban J connectivity index is 1.66. The second kappa shape index (κ2) is 8.77. The van der Waals surface area contributed by atoms with Crippen molar-refractivity contribution in [2.45, 2.75) is 0 Å². The summed E-state index contributed by atoms with van der Waals surface area (Å²) in [4.78, 5) is 16.7. The molecule has 1 heterocycles. The van der Waals surface area contributed by atoms with Gasteiger partial charge in [0.1, 0.15) is 11.6 Å². The molecule has 0 unspecified atom stereocenters. The van der Waals surface area contributed by atoms with Gasteiger partial charge in [0.15, 0.2) is 11.5 Å². The number of anilines is 3. The quantitative estimate of drug-likeness (QED) is 0.643. The predicted molar refractivity (Wildman–Crippen MR) is 108 cm³/mol. The number of hydrogen-bond donors (Lipinski definition) is 2. The van der Waals surface area contributed by atoms with Crippen LogP contribution < -0.4 is 24.8 Å². The highest BCUT2D eigenvalue weighted by atomic mass is 16.5. The zero-order valence-corrected chi connectivity index (χ0v) is 15.9. The Hall–Kier alpha value is -3.74. The lowest BCUT2D eigenvalue weighted by Gasteiger charge is -2.11. The lowest BCUT2D eigenvalue weighted by Crippen LogP contribution is -2.12. The lowest BCUT2D eigenvalue weighted by molar-refractivity contribution is 0.102. The van der Waals surface area contributed by atoms with Gasteiger partial charge in [-0.05, 0) is 48.5 Å². The number of carbonyl (C=O) groups is 1. The minimum Gasteiger partial charge on any atom is -0.497 e. The van der Waals surface area contributed by atoms with Gasteiger partial charge in [-0.25, -0.2) is 4.98 Å². The number of nitrogens with one attached hydrogen (secondary N) is 2. The SMILES string of the molecule is COc1ccc(Nc2ccc(C(=O)Nc3ccc(OC)c(OC)c3)cn2)cc1. The largest absolute Gasteiger partial charge is 0.497 e. The van der Waals surface area contributed by atoms with Gasteiger partial charge in [0.05, 0.1) is 26.9 Å². The van der Waals surface area contributed by atoms with Crippen molar-refractivity contribution < 1.29 is 19.0 Å². The highest BCUT2D eigenvalue weighted by Crippen LogP contribution is 2.30. The summed E-state index contributed by atoms with van der Waals surface area (Å²) in [5.41, 5.74) is 1.91. The van der Waals surface area contributed by atoms with Crippen molar-refractivity contribution in [3.05, 3.63) is 66.4 Å². The third-order valence-electron chi connectivity index (χ3n) is 4.03. The molecule has 0 spiro atoms. The van der Waals surface area contributed by atoms with Gasteiger partial charge in [-0.3, -0.25) is 4.79 Å². The van der Waals surface area contributed by atoms with Crippen LogP contribution in [-0.4, -0.2) is 32.2 Å². The maximum Gasteiger partial charge on any atom is 0.257 e. The van der Waals surface area contributed by atoms with Crippen molar-refractivity contribution in [3.8, 4) is 17.2 Å².